The van der Waals surface area contributed by atoms with Gasteiger partial charge in [0.25, 0.3) is 5.91 Å². The average molecular weight is 318 g/mol. The molecule has 5 heteroatoms. The molecule has 1 aromatic rings. The van der Waals surface area contributed by atoms with Gasteiger partial charge in [-0.1, -0.05) is 12.1 Å². The summed E-state index contributed by atoms with van der Waals surface area (Å²) in [4.78, 5) is 16.7. The molecule has 0 bridgehead atoms. The number of carbonyl (C=O) groups is 1. The molecule has 5 nitrogen and oxygen atoms in total. The molecular formula is C18H26N2O3. The van der Waals surface area contributed by atoms with E-state index in [2.05, 4.69) is 17.0 Å². The van der Waals surface area contributed by atoms with Crippen LogP contribution in [0.2, 0.25) is 0 Å². The van der Waals surface area contributed by atoms with E-state index in [0.29, 0.717) is 0 Å². The van der Waals surface area contributed by atoms with Gasteiger partial charge in [0, 0.05) is 39.3 Å². The number of piperazine rings is 1. The number of ether oxygens (including phenoxy) is 2. The maximum Gasteiger partial charge on any atom is 0.251 e. The summed E-state index contributed by atoms with van der Waals surface area (Å²) < 4.78 is 10.8. The molecule has 2 heterocycles. The molecule has 0 N–H and O–H groups in total. The molecule has 1 atom stereocenters. The minimum Gasteiger partial charge on any atom is -0.497 e. The summed E-state index contributed by atoms with van der Waals surface area (Å²) >= 11 is 0. The second-order valence-electron chi connectivity index (χ2n) is 6.27. The number of amides is 1. The number of carbonyl (C=O) groups excluding carboxylic acids is 1. The molecule has 0 aromatic heterocycles. The lowest BCUT2D eigenvalue weighted by molar-refractivity contribution is -0.142. The molecule has 0 saturated carbocycles. The lowest BCUT2D eigenvalue weighted by Gasteiger charge is -2.35. The molecule has 0 radical (unpaired) electrons. The molecule has 1 aromatic carbocycles. The second kappa shape index (κ2) is 7.79. The summed E-state index contributed by atoms with van der Waals surface area (Å²) in [6.45, 7) is 5.28. The predicted octanol–water partition coefficient (Wildman–Crippen LogP) is 1.56. The third-order valence-electron chi connectivity index (χ3n) is 4.74. The quantitative estimate of drug-likeness (QED) is 0.826. The van der Waals surface area contributed by atoms with E-state index < -0.39 is 0 Å². The first kappa shape index (κ1) is 16.3. The summed E-state index contributed by atoms with van der Waals surface area (Å²) in [5.74, 6) is 1.10. The molecule has 2 aliphatic heterocycles. The lowest BCUT2D eigenvalue weighted by Crippen LogP contribution is -2.51. The van der Waals surface area contributed by atoms with E-state index in [0.717, 1.165) is 64.3 Å². The Kier molecular flexibility index (Phi) is 5.51. The third kappa shape index (κ3) is 4.24. The SMILES string of the molecule is COc1cccc(CCN2CCN(C(=O)C3CCCO3)CC2)c1. The van der Waals surface area contributed by atoms with Gasteiger partial charge < -0.3 is 14.4 Å². The highest BCUT2D eigenvalue weighted by atomic mass is 16.5. The summed E-state index contributed by atoms with van der Waals surface area (Å²) in [6, 6.07) is 8.24. The van der Waals surface area contributed by atoms with Gasteiger partial charge in [0.1, 0.15) is 11.9 Å². The van der Waals surface area contributed by atoms with E-state index in [1.807, 2.05) is 17.0 Å². The van der Waals surface area contributed by atoms with Gasteiger partial charge in [0.15, 0.2) is 0 Å². The molecule has 126 valence electrons. The zero-order valence-corrected chi connectivity index (χ0v) is 13.9. The van der Waals surface area contributed by atoms with Crippen LogP contribution in [-0.2, 0) is 16.0 Å². The van der Waals surface area contributed by atoms with Crippen LogP contribution in [0.5, 0.6) is 5.75 Å². The first-order valence-electron chi connectivity index (χ1n) is 8.52. The Bertz CT molecular complexity index is 521. The van der Waals surface area contributed by atoms with E-state index in [-0.39, 0.29) is 12.0 Å². The van der Waals surface area contributed by atoms with Crippen LogP contribution in [0.25, 0.3) is 0 Å². The van der Waals surface area contributed by atoms with E-state index in [4.69, 9.17) is 9.47 Å². The standard InChI is InChI=1S/C18H26N2O3/c1-22-16-5-2-4-15(14-16)7-8-19-9-11-20(12-10-19)18(21)17-6-3-13-23-17/h2,4-5,14,17H,3,6-13H2,1H3. The van der Waals surface area contributed by atoms with Crippen molar-refractivity contribution in [2.24, 2.45) is 0 Å². The second-order valence-corrected chi connectivity index (χ2v) is 6.27. The molecule has 0 spiro atoms. The molecule has 23 heavy (non-hydrogen) atoms. The maximum absolute atomic E-state index is 12.3. The van der Waals surface area contributed by atoms with Crippen molar-refractivity contribution >= 4 is 5.91 Å². The van der Waals surface area contributed by atoms with E-state index >= 15 is 0 Å². The summed E-state index contributed by atoms with van der Waals surface area (Å²) in [5, 5.41) is 0. The maximum atomic E-state index is 12.3. The van der Waals surface area contributed by atoms with Crippen molar-refractivity contribution < 1.29 is 14.3 Å². The van der Waals surface area contributed by atoms with Gasteiger partial charge >= 0.3 is 0 Å². The van der Waals surface area contributed by atoms with Crippen molar-refractivity contribution in [3.05, 3.63) is 29.8 Å². The molecule has 2 fully saturated rings. The number of hydrogen-bond donors (Lipinski definition) is 0. The highest BCUT2D eigenvalue weighted by Crippen LogP contribution is 2.17. The number of rotatable bonds is 5. The monoisotopic (exact) mass is 318 g/mol. The van der Waals surface area contributed by atoms with Crippen molar-refractivity contribution in [2.45, 2.75) is 25.4 Å². The van der Waals surface area contributed by atoms with Gasteiger partial charge in [-0.3, -0.25) is 9.69 Å². The summed E-state index contributed by atoms with van der Waals surface area (Å²) in [7, 11) is 1.70. The Balaban J connectivity index is 1.43. The zero-order valence-electron chi connectivity index (χ0n) is 13.9. The smallest absolute Gasteiger partial charge is 0.251 e. The van der Waals surface area contributed by atoms with Crippen LogP contribution in [0.4, 0.5) is 0 Å². The van der Waals surface area contributed by atoms with E-state index in [1.54, 1.807) is 7.11 Å². The molecule has 2 aliphatic rings. The van der Waals surface area contributed by atoms with Gasteiger partial charge in [-0.25, -0.2) is 0 Å². The van der Waals surface area contributed by atoms with Gasteiger partial charge in [0.2, 0.25) is 0 Å². The van der Waals surface area contributed by atoms with Gasteiger partial charge in [-0.15, -0.1) is 0 Å². The van der Waals surface area contributed by atoms with Crippen LogP contribution in [0.1, 0.15) is 18.4 Å². The van der Waals surface area contributed by atoms with Gasteiger partial charge in [-0.2, -0.15) is 0 Å². The molecule has 1 unspecified atom stereocenters. The van der Waals surface area contributed by atoms with Crippen LogP contribution in [0.15, 0.2) is 24.3 Å². The zero-order chi connectivity index (χ0) is 16.1. The topological polar surface area (TPSA) is 42.0 Å². The van der Waals surface area contributed by atoms with E-state index in [9.17, 15) is 4.79 Å². The first-order valence-corrected chi connectivity index (χ1v) is 8.52. The number of methoxy groups -OCH3 is 1. The summed E-state index contributed by atoms with van der Waals surface area (Å²) in [6.07, 6.45) is 2.72. The predicted molar refractivity (Wildman–Crippen MR) is 88.7 cm³/mol. The Morgan fingerprint density at radius 3 is 2.83 bits per heavy atom. The van der Waals surface area contributed by atoms with Crippen LogP contribution < -0.4 is 4.74 Å². The Morgan fingerprint density at radius 1 is 1.30 bits per heavy atom. The van der Waals surface area contributed by atoms with Crippen molar-refractivity contribution in [1.82, 2.24) is 9.80 Å². The highest BCUT2D eigenvalue weighted by molar-refractivity contribution is 5.81. The Labute approximate surface area is 138 Å². The number of hydrogen-bond acceptors (Lipinski definition) is 4. The average Bonchev–Trinajstić information content (AvgIpc) is 3.14. The largest absolute Gasteiger partial charge is 0.497 e. The van der Waals surface area contributed by atoms with Gasteiger partial charge in [-0.05, 0) is 37.0 Å². The van der Waals surface area contributed by atoms with Crippen molar-refractivity contribution in [3.63, 3.8) is 0 Å². The van der Waals surface area contributed by atoms with Crippen molar-refractivity contribution in [2.75, 3.05) is 46.4 Å². The van der Waals surface area contributed by atoms with Crippen LogP contribution in [-0.4, -0.2) is 68.3 Å². The van der Waals surface area contributed by atoms with Crippen molar-refractivity contribution in [3.8, 4) is 5.75 Å². The molecule has 3 rings (SSSR count). The van der Waals surface area contributed by atoms with Crippen LogP contribution >= 0.6 is 0 Å². The minimum absolute atomic E-state index is 0.182. The Hall–Kier alpha value is -1.59. The Morgan fingerprint density at radius 2 is 2.13 bits per heavy atom. The number of nitrogens with zero attached hydrogens (tertiary/aromatic N) is 2. The first-order chi connectivity index (χ1) is 11.3. The molecule has 2 saturated heterocycles. The number of benzene rings is 1. The van der Waals surface area contributed by atoms with Crippen LogP contribution in [0.3, 0.4) is 0 Å². The summed E-state index contributed by atoms with van der Waals surface area (Å²) in [5.41, 5.74) is 1.29. The fraction of sp³-hybridized carbons (Fsp3) is 0.611. The minimum atomic E-state index is -0.182. The fourth-order valence-electron chi connectivity index (χ4n) is 3.28. The third-order valence-corrected chi connectivity index (χ3v) is 4.74. The van der Waals surface area contributed by atoms with Gasteiger partial charge in [0.05, 0.1) is 7.11 Å². The van der Waals surface area contributed by atoms with Crippen LogP contribution in [0, 0.1) is 0 Å². The lowest BCUT2D eigenvalue weighted by atomic mass is 10.1. The van der Waals surface area contributed by atoms with E-state index in [1.165, 1.54) is 5.56 Å². The molecule has 0 aliphatic carbocycles. The molecular weight excluding hydrogens is 292 g/mol. The molecule has 1 amide bonds. The highest BCUT2D eigenvalue weighted by Gasteiger charge is 2.30. The normalized spacial score (nSPS) is 22.3. The van der Waals surface area contributed by atoms with Crippen molar-refractivity contribution in [1.29, 1.82) is 0 Å². The fourth-order valence-corrected chi connectivity index (χ4v) is 3.28.